The molecule has 110 valence electrons. The molecule has 8 heteroatoms. The lowest BCUT2D eigenvalue weighted by atomic mass is 10.2. The number of anilines is 1. The second kappa shape index (κ2) is 6.38. The molecule has 0 spiro atoms. The van der Waals surface area contributed by atoms with Gasteiger partial charge in [-0.1, -0.05) is 0 Å². The van der Waals surface area contributed by atoms with E-state index in [4.69, 9.17) is 5.11 Å². The van der Waals surface area contributed by atoms with Crippen molar-refractivity contribution in [1.29, 1.82) is 0 Å². The summed E-state index contributed by atoms with van der Waals surface area (Å²) in [6, 6.07) is 5.90. The molecule has 0 atom stereocenters. The summed E-state index contributed by atoms with van der Waals surface area (Å²) in [7, 11) is -1.85. The second-order valence-corrected chi connectivity index (χ2v) is 6.07. The molecule has 0 aliphatic carbocycles. The molecule has 0 aromatic heterocycles. The van der Waals surface area contributed by atoms with Crippen LogP contribution in [0.15, 0.2) is 24.3 Å². The minimum Gasteiger partial charge on any atom is -0.481 e. The Morgan fingerprint density at radius 2 is 1.80 bits per heavy atom. The first-order valence-corrected chi connectivity index (χ1v) is 7.63. The lowest BCUT2D eigenvalue weighted by Gasteiger charge is -2.16. The number of aliphatic carboxylic acids is 1. The largest absolute Gasteiger partial charge is 0.481 e. The third-order valence-electron chi connectivity index (χ3n) is 2.44. The molecule has 0 fully saturated rings. The Hall–Kier alpha value is -2.09. The molecule has 0 heterocycles. The highest BCUT2D eigenvalue weighted by Crippen LogP contribution is 2.12. The predicted octanol–water partition coefficient (Wildman–Crippen LogP) is 0.605. The maximum absolute atomic E-state index is 11.9. The SMILES string of the molecule is CN(CCC(=O)O)C(=O)c1ccc(NS(C)(=O)=O)cc1. The molecule has 0 aliphatic heterocycles. The predicted molar refractivity (Wildman–Crippen MR) is 74.1 cm³/mol. The van der Waals surface area contributed by atoms with Gasteiger partial charge in [-0.15, -0.1) is 0 Å². The molecule has 7 nitrogen and oxygen atoms in total. The molecule has 2 N–H and O–H groups in total. The van der Waals surface area contributed by atoms with Gasteiger partial charge in [0.25, 0.3) is 5.91 Å². The number of nitrogens with one attached hydrogen (secondary N) is 1. The Kier molecular flexibility index (Phi) is 5.09. The molecular weight excluding hydrogens is 284 g/mol. The van der Waals surface area contributed by atoms with Crippen LogP contribution in [0.2, 0.25) is 0 Å². The van der Waals surface area contributed by atoms with E-state index in [9.17, 15) is 18.0 Å². The van der Waals surface area contributed by atoms with Crippen LogP contribution < -0.4 is 4.72 Å². The first-order chi connectivity index (χ1) is 9.19. The van der Waals surface area contributed by atoms with Crippen molar-refractivity contribution in [3.63, 3.8) is 0 Å². The van der Waals surface area contributed by atoms with Crippen molar-refractivity contribution < 1.29 is 23.1 Å². The number of carboxylic acid groups (broad SMARTS) is 1. The van der Waals surface area contributed by atoms with Gasteiger partial charge < -0.3 is 10.0 Å². The minimum absolute atomic E-state index is 0.109. The summed E-state index contributed by atoms with van der Waals surface area (Å²) in [5, 5.41) is 8.56. The molecule has 0 saturated carbocycles. The van der Waals surface area contributed by atoms with Crippen molar-refractivity contribution >= 4 is 27.6 Å². The zero-order valence-electron chi connectivity index (χ0n) is 11.2. The van der Waals surface area contributed by atoms with Gasteiger partial charge in [0, 0.05) is 24.8 Å². The van der Waals surface area contributed by atoms with Crippen molar-refractivity contribution in [2.75, 3.05) is 24.6 Å². The lowest BCUT2D eigenvalue weighted by Crippen LogP contribution is -2.29. The van der Waals surface area contributed by atoms with E-state index in [2.05, 4.69) is 4.72 Å². The van der Waals surface area contributed by atoms with Crippen LogP contribution in [0.25, 0.3) is 0 Å². The van der Waals surface area contributed by atoms with Crippen molar-refractivity contribution in [2.45, 2.75) is 6.42 Å². The number of hydrogen-bond acceptors (Lipinski definition) is 4. The first-order valence-electron chi connectivity index (χ1n) is 5.74. The maximum Gasteiger partial charge on any atom is 0.305 e. The minimum atomic E-state index is -3.36. The fourth-order valence-corrected chi connectivity index (χ4v) is 2.04. The van der Waals surface area contributed by atoms with E-state index in [1.54, 1.807) is 0 Å². The summed E-state index contributed by atoms with van der Waals surface area (Å²) in [6.07, 6.45) is 0.904. The molecule has 0 unspecified atom stereocenters. The van der Waals surface area contributed by atoms with Crippen molar-refractivity contribution in [3.8, 4) is 0 Å². The number of hydrogen-bond donors (Lipinski definition) is 2. The molecule has 0 aliphatic rings. The molecule has 1 aromatic carbocycles. The van der Waals surface area contributed by atoms with E-state index in [1.165, 1.54) is 36.2 Å². The zero-order valence-corrected chi connectivity index (χ0v) is 12.0. The average molecular weight is 300 g/mol. The fraction of sp³-hybridized carbons (Fsp3) is 0.333. The summed E-state index contributed by atoms with van der Waals surface area (Å²) in [4.78, 5) is 23.7. The lowest BCUT2D eigenvalue weighted by molar-refractivity contribution is -0.137. The van der Waals surface area contributed by atoms with Gasteiger partial charge in [0.05, 0.1) is 12.7 Å². The highest BCUT2D eigenvalue weighted by atomic mass is 32.2. The van der Waals surface area contributed by atoms with Crippen LogP contribution in [0.5, 0.6) is 0 Å². The third-order valence-corrected chi connectivity index (χ3v) is 3.05. The number of benzene rings is 1. The van der Waals surface area contributed by atoms with Gasteiger partial charge in [-0.2, -0.15) is 0 Å². The summed E-state index contributed by atoms with van der Waals surface area (Å²) in [5.74, 6) is -1.30. The number of carboxylic acids is 1. The summed E-state index contributed by atoms with van der Waals surface area (Å²) in [5.41, 5.74) is 0.717. The van der Waals surface area contributed by atoms with Crippen LogP contribution in [0.3, 0.4) is 0 Å². The molecule has 1 amide bonds. The van der Waals surface area contributed by atoms with Crippen LogP contribution >= 0.6 is 0 Å². The highest BCUT2D eigenvalue weighted by Gasteiger charge is 2.13. The quantitative estimate of drug-likeness (QED) is 0.801. The first kappa shape index (κ1) is 16.0. The van der Waals surface area contributed by atoms with Gasteiger partial charge in [-0.05, 0) is 24.3 Å². The Bertz CT molecular complexity index is 595. The van der Waals surface area contributed by atoms with Gasteiger partial charge in [0.15, 0.2) is 0 Å². The monoisotopic (exact) mass is 300 g/mol. The molecule has 1 rings (SSSR count). The number of sulfonamides is 1. The fourth-order valence-electron chi connectivity index (χ4n) is 1.48. The molecule has 1 aromatic rings. The van der Waals surface area contributed by atoms with E-state index in [0.717, 1.165) is 6.26 Å². The summed E-state index contributed by atoms with van der Waals surface area (Å²) >= 11 is 0. The number of carbonyl (C=O) groups excluding carboxylic acids is 1. The molecular formula is C12H16N2O5S. The average Bonchev–Trinajstić information content (AvgIpc) is 2.34. The summed E-state index contributed by atoms with van der Waals surface area (Å²) < 4.78 is 24.4. The van der Waals surface area contributed by atoms with E-state index in [1.807, 2.05) is 0 Å². The maximum atomic E-state index is 11.9. The normalized spacial score (nSPS) is 10.9. The van der Waals surface area contributed by atoms with E-state index < -0.39 is 16.0 Å². The van der Waals surface area contributed by atoms with Gasteiger partial charge in [-0.25, -0.2) is 8.42 Å². The Morgan fingerprint density at radius 1 is 1.25 bits per heavy atom. The van der Waals surface area contributed by atoms with Gasteiger partial charge >= 0.3 is 5.97 Å². The van der Waals surface area contributed by atoms with Gasteiger partial charge in [0.1, 0.15) is 0 Å². The van der Waals surface area contributed by atoms with Crippen LogP contribution in [-0.4, -0.2) is 50.1 Å². The topological polar surface area (TPSA) is 104 Å². The van der Waals surface area contributed by atoms with E-state index >= 15 is 0 Å². The molecule has 0 radical (unpaired) electrons. The number of amides is 1. The van der Waals surface area contributed by atoms with Crippen molar-refractivity contribution in [1.82, 2.24) is 4.90 Å². The highest BCUT2D eigenvalue weighted by molar-refractivity contribution is 7.92. The van der Waals surface area contributed by atoms with Crippen molar-refractivity contribution in [3.05, 3.63) is 29.8 Å². The number of carbonyl (C=O) groups is 2. The Balaban J connectivity index is 2.72. The second-order valence-electron chi connectivity index (χ2n) is 4.32. The Morgan fingerprint density at radius 3 is 2.25 bits per heavy atom. The smallest absolute Gasteiger partial charge is 0.305 e. The number of nitrogens with zero attached hydrogens (tertiary/aromatic N) is 1. The molecule has 20 heavy (non-hydrogen) atoms. The summed E-state index contributed by atoms with van der Waals surface area (Å²) in [6.45, 7) is 0.109. The number of rotatable bonds is 6. The molecule has 0 saturated heterocycles. The van der Waals surface area contributed by atoms with E-state index in [0.29, 0.717) is 11.3 Å². The van der Waals surface area contributed by atoms with Crippen molar-refractivity contribution in [2.24, 2.45) is 0 Å². The van der Waals surface area contributed by atoms with Gasteiger partial charge in [0.2, 0.25) is 10.0 Å². The van der Waals surface area contributed by atoms with Crippen LogP contribution in [0, 0.1) is 0 Å². The zero-order chi connectivity index (χ0) is 15.3. The van der Waals surface area contributed by atoms with Crippen LogP contribution in [-0.2, 0) is 14.8 Å². The van der Waals surface area contributed by atoms with Gasteiger partial charge in [-0.3, -0.25) is 14.3 Å². The van der Waals surface area contributed by atoms with E-state index in [-0.39, 0.29) is 18.9 Å². The van der Waals surface area contributed by atoms with Crippen LogP contribution in [0.1, 0.15) is 16.8 Å². The van der Waals surface area contributed by atoms with Crippen LogP contribution in [0.4, 0.5) is 5.69 Å². The third kappa shape index (κ3) is 5.27. The molecule has 0 bridgehead atoms. The standard InChI is InChI=1S/C12H16N2O5S/c1-14(8-7-11(15)16)12(17)9-3-5-10(6-4-9)13-20(2,18)19/h3-6,13H,7-8H2,1-2H3,(H,15,16). The Labute approximate surface area is 117 Å².